The second-order valence-electron chi connectivity index (χ2n) is 4.11. The van der Waals surface area contributed by atoms with Gasteiger partial charge in [-0.25, -0.2) is 0 Å². The molecule has 1 aromatic rings. The highest BCUT2D eigenvalue weighted by Crippen LogP contribution is 2.48. The first kappa shape index (κ1) is 13.3. The first-order valence-electron chi connectivity index (χ1n) is 5.97. The van der Waals surface area contributed by atoms with Crippen LogP contribution in [0.1, 0.15) is 12.8 Å². The predicted octanol–water partition coefficient (Wildman–Crippen LogP) is 0.808. The van der Waals surface area contributed by atoms with Crippen LogP contribution in [0.25, 0.3) is 0 Å². The van der Waals surface area contributed by atoms with Crippen LogP contribution < -0.4 is 26.7 Å². The molecule has 2 rings (SSSR count). The first-order chi connectivity index (χ1) is 8.72. The Balaban J connectivity index is 1.79. The van der Waals surface area contributed by atoms with Gasteiger partial charge in [0.1, 0.15) is 16.6 Å². The fraction of sp³-hybridized carbons (Fsp3) is 0.636. The van der Waals surface area contributed by atoms with Crippen molar-refractivity contribution in [3.8, 4) is 11.5 Å². The molecule has 1 aromatic heterocycles. The second-order valence-corrected chi connectivity index (χ2v) is 5.19. The molecule has 6 nitrogen and oxygen atoms in total. The van der Waals surface area contributed by atoms with Gasteiger partial charge in [0.05, 0.1) is 6.61 Å². The van der Waals surface area contributed by atoms with E-state index in [2.05, 4.69) is 0 Å². The molecule has 6 N–H and O–H groups in total. The van der Waals surface area contributed by atoms with Crippen LogP contribution in [0.15, 0.2) is 0 Å². The van der Waals surface area contributed by atoms with E-state index in [1.165, 1.54) is 11.3 Å². The van der Waals surface area contributed by atoms with Crippen LogP contribution in [0.3, 0.4) is 0 Å². The van der Waals surface area contributed by atoms with Crippen LogP contribution >= 0.6 is 11.3 Å². The van der Waals surface area contributed by atoms with Gasteiger partial charge < -0.3 is 31.4 Å². The number of thiophene rings is 1. The lowest BCUT2D eigenvalue weighted by Crippen LogP contribution is -2.33. The molecule has 0 fully saturated rings. The third kappa shape index (κ3) is 2.98. The molecule has 0 saturated carbocycles. The van der Waals surface area contributed by atoms with Gasteiger partial charge in [-0.1, -0.05) is 11.3 Å². The van der Waals surface area contributed by atoms with Crippen molar-refractivity contribution in [1.29, 1.82) is 0 Å². The number of rotatable bonds is 6. The molecule has 0 saturated heterocycles. The summed E-state index contributed by atoms with van der Waals surface area (Å²) >= 11 is 1.27. The number of hydrogen-bond acceptors (Lipinski definition) is 7. The van der Waals surface area contributed by atoms with E-state index in [1.54, 1.807) is 0 Å². The van der Waals surface area contributed by atoms with E-state index in [-0.39, 0.29) is 6.10 Å². The maximum atomic E-state index is 5.80. The molecule has 18 heavy (non-hydrogen) atoms. The molecule has 2 heterocycles. The summed E-state index contributed by atoms with van der Waals surface area (Å²) in [6.45, 7) is 2.30. The zero-order valence-electron chi connectivity index (χ0n) is 10.2. The molecular weight excluding hydrogens is 254 g/mol. The van der Waals surface area contributed by atoms with E-state index in [0.717, 1.165) is 12.8 Å². The maximum Gasteiger partial charge on any atom is 0.198 e. The minimum atomic E-state index is -0.133. The van der Waals surface area contributed by atoms with Crippen molar-refractivity contribution < 1.29 is 14.2 Å². The largest absolute Gasteiger partial charge is 0.483 e. The van der Waals surface area contributed by atoms with Crippen LogP contribution in [-0.2, 0) is 4.74 Å². The van der Waals surface area contributed by atoms with Gasteiger partial charge in [0.2, 0.25) is 0 Å². The van der Waals surface area contributed by atoms with Crippen LogP contribution in [0.5, 0.6) is 11.5 Å². The second kappa shape index (κ2) is 6.12. The number of fused-ring (bicyclic) bond motifs is 1. The summed E-state index contributed by atoms with van der Waals surface area (Å²) in [5.41, 5.74) is 17.0. The van der Waals surface area contributed by atoms with Gasteiger partial charge in [-0.3, -0.25) is 0 Å². The van der Waals surface area contributed by atoms with Gasteiger partial charge in [-0.05, 0) is 19.4 Å². The summed E-state index contributed by atoms with van der Waals surface area (Å²) < 4.78 is 16.8. The zero-order valence-corrected chi connectivity index (χ0v) is 11.0. The summed E-state index contributed by atoms with van der Waals surface area (Å²) in [5, 5.41) is 1.11. The molecule has 0 bridgehead atoms. The Kier molecular flexibility index (Phi) is 4.51. The molecule has 0 aliphatic carbocycles. The highest BCUT2D eigenvalue weighted by Gasteiger charge is 2.27. The Morgan fingerprint density at radius 1 is 1.22 bits per heavy atom. The van der Waals surface area contributed by atoms with Crippen molar-refractivity contribution >= 4 is 21.3 Å². The van der Waals surface area contributed by atoms with Gasteiger partial charge in [0, 0.05) is 6.61 Å². The molecule has 1 unspecified atom stereocenters. The highest BCUT2D eigenvalue weighted by molar-refractivity contribution is 7.20. The lowest BCUT2D eigenvalue weighted by Gasteiger charge is -2.25. The average Bonchev–Trinajstić information content (AvgIpc) is 2.65. The van der Waals surface area contributed by atoms with E-state index in [1.807, 2.05) is 0 Å². The van der Waals surface area contributed by atoms with Gasteiger partial charge in [-0.15, -0.1) is 0 Å². The van der Waals surface area contributed by atoms with Gasteiger partial charge in [-0.2, -0.15) is 0 Å². The van der Waals surface area contributed by atoms with E-state index < -0.39 is 0 Å². The molecule has 7 heteroatoms. The Hall–Kier alpha value is -1.18. The van der Waals surface area contributed by atoms with Crippen molar-refractivity contribution in [3.05, 3.63) is 0 Å². The first-order valence-corrected chi connectivity index (χ1v) is 6.79. The smallest absolute Gasteiger partial charge is 0.198 e. The third-order valence-electron chi connectivity index (χ3n) is 2.62. The van der Waals surface area contributed by atoms with Crippen LogP contribution in [-0.4, -0.2) is 32.5 Å². The monoisotopic (exact) mass is 273 g/mol. The summed E-state index contributed by atoms with van der Waals surface area (Å²) in [6.07, 6.45) is 1.80. The fourth-order valence-electron chi connectivity index (χ4n) is 1.71. The van der Waals surface area contributed by atoms with Gasteiger partial charge in [0.15, 0.2) is 17.6 Å². The number of anilines is 2. The Labute approximate surface area is 110 Å². The van der Waals surface area contributed by atoms with Crippen LogP contribution in [0.2, 0.25) is 0 Å². The number of nitrogens with two attached hydrogens (primary N) is 3. The topological polar surface area (TPSA) is 106 Å². The summed E-state index contributed by atoms with van der Waals surface area (Å²) in [4.78, 5) is 0. The third-order valence-corrected chi connectivity index (χ3v) is 3.43. The van der Waals surface area contributed by atoms with Crippen LogP contribution in [0, 0.1) is 0 Å². The normalized spacial score (nSPS) is 17.9. The highest BCUT2D eigenvalue weighted by atomic mass is 32.1. The summed E-state index contributed by atoms with van der Waals surface area (Å²) in [6, 6.07) is 0. The lowest BCUT2D eigenvalue weighted by molar-refractivity contribution is 0.00937. The number of unbranched alkanes of at least 4 members (excludes halogenated alkanes) is 1. The molecule has 1 atom stereocenters. The fourth-order valence-corrected chi connectivity index (χ4v) is 2.42. The average molecular weight is 273 g/mol. The van der Waals surface area contributed by atoms with E-state index in [9.17, 15) is 0 Å². The number of nitrogen functional groups attached to an aromatic ring is 2. The zero-order chi connectivity index (χ0) is 13.0. The van der Waals surface area contributed by atoms with E-state index in [4.69, 9.17) is 31.4 Å². The molecule has 0 amide bonds. The van der Waals surface area contributed by atoms with Gasteiger partial charge in [0.25, 0.3) is 0 Å². The summed E-state index contributed by atoms with van der Waals surface area (Å²) in [7, 11) is 0. The maximum absolute atomic E-state index is 5.80. The van der Waals surface area contributed by atoms with Gasteiger partial charge >= 0.3 is 0 Å². The standard InChI is InChI=1S/C11H19N3O3S/c12-3-1-2-4-15-5-7-6-16-8-9(17-7)11(14)18-10(8)13/h7H,1-6,12-14H2. The lowest BCUT2D eigenvalue weighted by atomic mass is 10.3. The molecular formula is C11H19N3O3S. The number of hydrogen-bond donors (Lipinski definition) is 3. The van der Waals surface area contributed by atoms with Crippen molar-refractivity contribution in [2.24, 2.45) is 5.73 Å². The molecule has 0 radical (unpaired) electrons. The quantitative estimate of drug-likeness (QED) is 0.662. The predicted molar refractivity (Wildman–Crippen MR) is 72.2 cm³/mol. The SMILES string of the molecule is NCCCCOCC1COc2c(N)sc(N)c2O1. The van der Waals surface area contributed by atoms with E-state index >= 15 is 0 Å². The van der Waals surface area contributed by atoms with Crippen molar-refractivity contribution in [2.75, 3.05) is 37.8 Å². The molecule has 1 aliphatic rings. The van der Waals surface area contributed by atoms with Crippen molar-refractivity contribution in [2.45, 2.75) is 18.9 Å². The molecule has 0 aromatic carbocycles. The Morgan fingerprint density at radius 2 is 2.00 bits per heavy atom. The Bertz CT molecular complexity index is 397. The molecule has 1 aliphatic heterocycles. The van der Waals surface area contributed by atoms with Crippen molar-refractivity contribution in [3.63, 3.8) is 0 Å². The molecule has 0 spiro atoms. The Morgan fingerprint density at radius 3 is 2.78 bits per heavy atom. The van der Waals surface area contributed by atoms with Crippen LogP contribution in [0.4, 0.5) is 10.0 Å². The summed E-state index contributed by atoms with van der Waals surface area (Å²) in [5.74, 6) is 1.12. The molecule has 102 valence electrons. The van der Waals surface area contributed by atoms with E-state index in [0.29, 0.717) is 47.9 Å². The minimum absolute atomic E-state index is 0.133. The minimum Gasteiger partial charge on any atom is -0.483 e. The number of ether oxygens (including phenoxy) is 3. The van der Waals surface area contributed by atoms with Crippen molar-refractivity contribution in [1.82, 2.24) is 0 Å².